The van der Waals surface area contributed by atoms with Gasteiger partial charge in [0, 0.05) is 17.3 Å². The van der Waals surface area contributed by atoms with Crippen LogP contribution in [0.3, 0.4) is 0 Å². The molecule has 2 aromatic carbocycles. The van der Waals surface area contributed by atoms with E-state index in [0.29, 0.717) is 17.5 Å². The third-order valence-electron chi connectivity index (χ3n) is 2.51. The lowest BCUT2D eigenvalue weighted by Crippen LogP contribution is -2.12. The van der Waals surface area contributed by atoms with Crippen LogP contribution in [0.1, 0.15) is 20.7 Å². The van der Waals surface area contributed by atoms with E-state index in [-0.39, 0.29) is 17.1 Å². The Balaban J connectivity index is 2.22. The van der Waals surface area contributed by atoms with Crippen LogP contribution < -0.4 is 5.32 Å². The fourth-order valence-corrected chi connectivity index (χ4v) is 1.60. The highest BCUT2D eigenvalue weighted by Gasteiger charge is 2.11. The molecule has 0 aliphatic heterocycles. The molecule has 0 aliphatic rings. The average molecular weight is 257 g/mol. The summed E-state index contributed by atoms with van der Waals surface area (Å²) in [5.74, 6) is -0.971. The first-order valence-corrected chi connectivity index (χ1v) is 5.49. The van der Waals surface area contributed by atoms with Crippen LogP contribution in [0, 0.1) is 0 Å². The number of aromatic hydroxyl groups is 2. The number of carbonyl (C=O) groups excluding carboxylic acids is 2. The zero-order chi connectivity index (χ0) is 13.8. The molecular weight excluding hydrogens is 246 g/mol. The van der Waals surface area contributed by atoms with Gasteiger partial charge in [-0.25, -0.2) is 0 Å². The Kier molecular flexibility index (Phi) is 3.47. The fourth-order valence-electron chi connectivity index (χ4n) is 1.60. The molecule has 0 saturated heterocycles. The lowest BCUT2D eigenvalue weighted by molar-refractivity contribution is 0.102. The largest absolute Gasteiger partial charge is 0.508 e. The highest BCUT2D eigenvalue weighted by molar-refractivity contribution is 6.06. The van der Waals surface area contributed by atoms with Gasteiger partial charge in [0.2, 0.25) is 0 Å². The lowest BCUT2D eigenvalue weighted by Gasteiger charge is -2.07. The Morgan fingerprint density at radius 2 is 1.89 bits per heavy atom. The van der Waals surface area contributed by atoms with Gasteiger partial charge >= 0.3 is 0 Å². The summed E-state index contributed by atoms with van der Waals surface area (Å²) in [5.41, 5.74) is 0.920. The Labute approximate surface area is 109 Å². The molecule has 0 aromatic heterocycles. The number of rotatable bonds is 3. The molecule has 0 heterocycles. The quantitative estimate of drug-likeness (QED) is 0.735. The van der Waals surface area contributed by atoms with Gasteiger partial charge in [-0.3, -0.25) is 9.59 Å². The summed E-state index contributed by atoms with van der Waals surface area (Å²) >= 11 is 0. The first kappa shape index (κ1) is 12.6. The zero-order valence-electron chi connectivity index (χ0n) is 9.83. The van der Waals surface area contributed by atoms with Crippen molar-refractivity contribution in [3.05, 3.63) is 53.6 Å². The minimum absolute atomic E-state index is 0.0364. The molecule has 19 heavy (non-hydrogen) atoms. The van der Waals surface area contributed by atoms with Gasteiger partial charge in [0.1, 0.15) is 17.8 Å². The van der Waals surface area contributed by atoms with Crippen molar-refractivity contribution in [2.24, 2.45) is 0 Å². The van der Waals surface area contributed by atoms with Crippen LogP contribution in [0.25, 0.3) is 0 Å². The van der Waals surface area contributed by atoms with Gasteiger partial charge in [-0.1, -0.05) is 12.1 Å². The van der Waals surface area contributed by atoms with Crippen LogP contribution in [-0.2, 0) is 0 Å². The topological polar surface area (TPSA) is 86.6 Å². The molecule has 1 amide bonds. The van der Waals surface area contributed by atoms with Crippen molar-refractivity contribution in [1.82, 2.24) is 0 Å². The van der Waals surface area contributed by atoms with E-state index in [0.717, 1.165) is 6.07 Å². The number of phenolic OH excluding ortho intramolecular Hbond substituents is 2. The highest BCUT2D eigenvalue weighted by atomic mass is 16.3. The number of aldehydes is 1. The molecule has 0 radical (unpaired) electrons. The molecule has 0 atom stereocenters. The fraction of sp³-hybridized carbons (Fsp3) is 0. The molecule has 0 spiro atoms. The number of anilines is 1. The molecule has 3 N–H and O–H groups in total. The maximum absolute atomic E-state index is 11.9. The molecule has 0 saturated carbocycles. The number of benzene rings is 2. The van der Waals surface area contributed by atoms with Crippen molar-refractivity contribution in [2.75, 3.05) is 5.32 Å². The van der Waals surface area contributed by atoms with Gasteiger partial charge in [0.05, 0.1) is 5.56 Å². The normalized spacial score (nSPS) is 9.89. The predicted molar refractivity (Wildman–Crippen MR) is 69.6 cm³/mol. The molecule has 5 nitrogen and oxygen atoms in total. The third kappa shape index (κ3) is 2.90. The molecule has 5 heteroatoms. The van der Waals surface area contributed by atoms with Crippen molar-refractivity contribution in [1.29, 1.82) is 0 Å². The van der Waals surface area contributed by atoms with Crippen molar-refractivity contribution in [3.63, 3.8) is 0 Å². The molecule has 0 fully saturated rings. The predicted octanol–water partition coefficient (Wildman–Crippen LogP) is 2.16. The first-order chi connectivity index (χ1) is 9.10. The van der Waals surface area contributed by atoms with E-state index in [2.05, 4.69) is 5.32 Å². The molecule has 2 aromatic rings. The van der Waals surface area contributed by atoms with Crippen LogP contribution >= 0.6 is 0 Å². The van der Waals surface area contributed by atoms with E-state index >= 15 is 0 Å². The minimum Gasteiger partial charge on any atom is -0.508 e. The van der Waals surface area contributed by atoms with Crippen molar-refractivity contribution in [2.45, 2.75) is 0 Å². The van der Waals surface area contributed by atoms with Gasteiger partial charge in [-0.05, 0) is 24.3 Å². The Hall–Kier alpha value is -2.82. The molecule has 0 bridgehead atoms. The highest BCUT2D eigenvalue weighted by Crippen LogP contribution is 2.23. The van der Waals surface area contributed by atoms with Crippen LogP contribution in [0.4, 0.5) is 5.69 Å². The second-order valence-electron chi connectivity index (χ2n) is 3.90. The SMILES string of the molecule is O=Cc1cccc(NC(=O)c2ccc(O)cc2O)c1. The Morgan fingerprint density at radius 3 is 2.58 bits per heavy atom. The molecular formula is C14H11NO4. The number of hydrogen-bond donors (Lipinski definition) is 3. The number of nitrogens with one attached hydrogen (secondary N) is 1. The van der Waals surface area contributed by atoms with Crippen LogP contribution in [0.2, 0.25) is 0 Å². The molecule has 0 aliphatic carbocycles. The monoisotopic (exact) mass is 257 g/mol. The van der Waals surface area contributed by atoms with Gasteiger partial charge in [0.25, 0.3) is 5.91 Å². The van der Waals surface area contributed by atoms with Crippen molar-refractivity contribution in [3.8, 4) is 11.5 Å². The van der Waals surface area contributed by atoms with E-state index in [9.17, 15) is 14.7 Å². The molecule has 0 unspecified atom stereocenters. The van der Waals surface area contributed by atoms with Crippen molar-refractivity contribution < 1.29 is 19.8 Å². The second-order valence-corrected chi connectivity index (χ2v) is 3.90. The molecule has 2 rings (SSSR count). The second kappa shape index (κ2) is 5.22. The van der Waals surface area contributed by atoms with E-state index < -0.39 is 5.91 Å². The van der Waals surface area contributed by atoms with E-state index in [1.807, 2.05) is 0 Å². The van der Waals surface area contributed by atoms with Gasteiger partial charge < -0.3 is 15.5 Å². The van der Waals surface area contributed by atoms with Crippen LogP contribution in [0.15, 0.2) is 42.5 Å². The van der Waals surface area contributed by atoms with E-state index in [4.69, 9.17) is 5.11 Å². The zero-order valence-corrected chi connectivity index (χ0v) is 9.83. The summed E-state index contributed by atoms with van der Waals surface area (Å²) in [4.78, 5) is 22.5. The number of amides is 1. The number of hydrogen-bond acceptors (Lipinski definition) is 4. The first-order valence-electron chi connectivity index (χ1n) is 5.49. The summed E-state index contributed by atoms with van der Waals surface area (Å²) in [6.45, 7) is 0. The van der Waals surface area contributed by atoms with Crippen LogP contribution in [0.5, 0.6) is 11.5 Å². The summed E-state index contributed by atoms with van der Waals surface area (Å²) in [6.07, 6.45) is 0.674. The minimum atomic E-state index is -0.527. The number of phenols is 2. The summed E-state index contributed by atoms with van der Waals surface area (Å²) in [6, 6.07) is 10.1. The van der Waals surface area contributed by atoms with E-state index in [1.54, 1.807) is 18.2 Å². The van der Waals surface area contributed by atoms with Gasteiger partial charge in [0.15, 0.2) is 0 Å². The summed E-state index contributed by atoms with van der Waals surface area (Å²) < 4.78 is 0. The maximum Gasteiger partial charge on any atom is 0.259 e. The maximum atomic E-state index is 11.9. The standard InChI is InChI=1S/C14H11NO4/c16-8-9-2-1-3-10(6-9)15-14(19)12-5-4-11(17)7-13(12)18/h1-8,17-18H,(H,15,19). The summed E-state index contributed by atoms with van der Waals surface area (Å²) in [5, 5.41) is 21.3. The average Bonchev–Trinajstić information content (AvgIpc) is 2.38. The van der Waals surface area contributed by atoms with Crippen LogP contribution in [-0.4, -0.2) is 22.4 Å². The number of carbonyl (C=O) groups is 2. The Morgan fingerprint density at radius 1 is 1.11 bits per heavy atom. The Bertz CT molecular complexity index is 637. The van der Waals surface area contributed by atoms with Crippen molar-refractivity contribution >= 4 is 17.9 Å². The van der Waals surface area contributed by atoms with E-state index in [1.165, 1.54) is 18.2 Å². The van der Waals surface area contributed by atoms with Gasteiger partial charge in [-0.2, -0.15) is 0 Å². The van der Waals surface area contributed by atoms with Gasteiger partial charge in [-0.15, -0.1) is 0 Å². The smallest absolute Gasteiger partial charge is 0.259 e. The third-order valence-corrected chi connectivity index (χ3v) is 2.51. The lowest BCUT2D eigenvalue weighted by atomic mass is 10.1. The summed E-state index contributed by atoms with van der Waals surface area (Å²) in [7, 11) is 0. The molecule has 96 valence electrons.